The molecule has 0 bridgehead atoms. The van der Waals surface area contributed by atoms with Crippen molar-refractivity contribution in [1.29, 1.82) is 0 Å². The molecule has 1 N–H and O–H groups in total. The highest BCUT2D eigenvalue weighted by molar-refractivity contribution is 9.10. The van der Waals surface area contributed by atoms with Crippen molar-refractivity contribution in [3.8, 4) is 0 Å². The molecular formula is C17H13BrClF2N3O. The van der Waals surface area contributed by atoms with Crippen molar-refractivity contribution in [1.82, 2.24) is 14.8 Å². The number of alkyl halides is 2. The second-order valence-electron chi connectivity index (χ2n) is 5.51. The molecule has 25 heavy (non-hydrogen) atoms. The molecule has 2 aromatic heterocycles. The molecule has 0 spiro atoms. The maximum absolute atomic E-state index is 15.3. The smallest absolute Gasteiger partial charge is 0.323 e. The fraction of sp³-hybridized carbons (Fsp3) is 0.176. The average Bonchev–Trinajstić information content (AvgIpc) is 3.08. The van der Waals surface area contributed by atoms with Crippen LogP contribution < -0.4 is 0 Å². The minimum absolute atomic E-state index is 0.0229. The third-order valence-electron chi connectivity index (χ3n) is 3.82. The topological polar surface area (TPSA) is 50.9 Å². The van der Waals surface area contributed by atoms with Crippen LogP contribution in [-0.2, 0) is 18.1 Å². The molecule has 0 fully saturated rings. The third-order valence-corrected chi connectivity index (χ3v) is 4.52. The Bertz CT molecular complexity index is 859. The lowest BCUT2D eigenvalue weighted by Gasteiger charge is -2.36. The van der Waals surface area contributed by atoms with E-state index < -0.39 is 23.8 Å². The van der Waals surface area contributed by atoms with Crippen LogP contribution in [0.15, 0.2) is 65.5 Å². The molecule has 0 aliphatic heterocycles. The van der Waals surface area contributed by atoms with Crippen LogP contribution in [0.5, 0.6) is 0 Å². The quantitative estimate of drug-likeness (QED) is 0.656. The Balaban J connectivity index is 2.14. The molecule has 0 aliphatic rings. The van der Waals surface area contributed by atoms with Crippen LogP contribution in [0.25, 0.3) is 0 Å². The Hall–Kier alpha value is -1.83. The van der Waals surface area contributed by atoms with Crippen molar-refractivity contribution in [2.24, 2.45) is 0 Å². The summed E-state index contributed by atoms with van der Waals surface area (Å²) in [4.78, 5) is 3.77. The first-order valence-electron chi connectivity index (χ1n) is 7.28. The summed E-state index contributed by atoms with van der Waals surface area (Å²) >= 11 is 9.11. The highest BCUT2D eigenvalue weighted by Crippen LogP contribution is 2.46. The van der Waals surface area contributed by atoms with Gasteiger partial charge in [0.15, 0.2) is 5.60 Å². The van der Waals surface area contributed by atoms with Crippen molar-refractivity contribution >= 4 is 27.5 Å². The molecular weight excluding hydrogens is 416 g/mol. The predicted octanol–water partition coefficient (Wildman–Crippen LogP) is 4.37. The maximum atomic E-state index is 15.3. The normalized spacial score (nSPS) is 14.3. The van der Waals surface area contributed by atoms with Gasteiger partial charge in [-0.3, -0.25) is 9.67 Å². The number of nitrogens with zero attached hydrogens (tertiary/aromatic N) is 3. The van der Waals surface area contributed by atoms with Crippen molar-refractivity contribution in [3.63, 3.8) is 0 Å². The highest BCUT2D eigenvalue weighted by atomic mass is 79.9. The maximum Gasteiger partial charge on any atom is 0.323 e. The summed E-state index contributed by atoms with van der Waals surface area (Å²) in [6.07, 6.45) is 4.21. The van der Waals surface area contributed by atoms with Crippen LogP contribution in [0, 0.1) is 0 Å². The molecule has 1 atom stereocenters. The molecule has 1 unspecified atom stereocenters. The summed E-state index contributed by atoms with van der Waals surface area (Å²) in [6, 6.07) is 9.99. The van der Waals surface area contributed by atoms with E-state index in [0.29, 0.717) is 4.47 Å². The molecule has 0 amide bonds. The second kappa shape index (κ2) is 6.82. The fourth-order valence-corrected chi connectivity index (χ4v) is 2.94. The Morgan fingerprint density at radius 1 is 1.20 bits per heavy atom. The van der Waals surface area contributed by atoms with E-state index in [9.17, 15) is 5.11 Å². The highest BCUT2D eigenvalue weighted by Gasteiger charge is 2.56. The lowest BCUT2D eigenvalue weighted by atomic mass is 9.85. The number of pyridine rings is 1. The van der Waals surface area contributed by atoms with Gasteiger partial charge >= 0.3 is 5.92 Å². The molecule has 4 nitrogen and oxygen atoms in total. The summed E-state index contributed by atoms with van der Waals surface area (Å²) in [6.45, 7) is -0.467. The van der Waals surface area contributed by atoms with E-state index in [-0.39, 0.29) is 10.6 Å². The van der Waals surface area contributed by atoms with Gasteiger partial charge in [-0.25, -0.2) is 0 Å². The Morgan fingerprint density at radius 3 is 2.60 bits per heavy atom. The Labute approximate surface area is 156 Å². The predicted molar refractivity (Wildman–Crippen MR) is 93.4 cm³/mol. The van der Waals surface area contributed by atoms with Crippen LogP contribution in [0.4, 0.5) is 8.78 Å². The molecule has 0 radical (unpaired) electrons. The van der Waals surface area contributed by atoms with Gasteiger partial charge in [0.05, 0.1) is 6.54 Å². The number of benzene rings is 1. The number of aliphatic hydroxyl groups is 1. The van der Waals surface area contributed by atoms with Gasteiger partial charge in [0.25, 0.3) is 0 Å². The summed E-state index contributed by atoms with van der Waals surface area (Å²) in [5, 5.41) is 15.3. The summed E-state index contributed by atoms with van der Waals surface area (Å²) in [5.41, 5.74) is -3.17. The van der Waals surface area contributed by atoms with Crippen molar-refractivity contribution < 1.29 is 13.9 Å². The number of aromatic nitrogens is 3. The molecule has 130 valence electrons. The van der Waals surface area contributed by atoms with E-state index in [1.54, 1.807) is 12.1 Å². The SMILES string of the molecule is OC(Cn1cccn1)(c1cccc(Cl)c1)C(F)(F)c1ccc(Br)cn1. The van der Waals surface area contributed by atoms with Crippen LogP contribution in [0.2, 0.25) is 5.02 Å². The minimum Gasteiger partial charge on any atom is -0.377 e. The minimum atomic E-state index is -3.69. The molecule has 0 aliphatic carbocycles. The summed E-state index contributed by atoms with van der Waals surface area (Å²) < 4.78 is 32.5. The monoisotopic (exact) mass is 427 g/mol. The van der Waals surface area contributed by atoms with Gasteiger partial charge < -0.3 is 5.11 Å². The first kappa shape index (κ1) is 18.0. The van der Waals surface area contributed by atoms with Crippen LogP contribution in [0.3, 0.4) is 0 Å². The van der Waals surface area contributed by atoms with E-state index in [2.05, 4.69) is 26.0 Å². The van der Waals surface area contributed by atoms with Crippen molar-refractivity contribution in [3.05, 3.63) is 81.8 Å². The number of rotatable bonds is 5. The van der Waals surface area contributed by atoms with Gasteiger partial charge in [-0.1, -0.05) is 23.7 Å². The Kier molecular flexibility index (Phi) is 4.90. The zero-order chi connectivity index (χ0) is 18.1. The van der Waals surface area contributed by atoms with Crippen LogP contribution in [0.1, 0.15) is 11.3 Å². The largest absolute Gasteiger partial charge is 0.377 e. The summed E-state index contributed by atoms with van der Waals surface area (Å²) in [5.74, 6) is -3.69. The third kappa shape index (κ3) is 3.44. The van der Waals surface area contributed by atoms with Crippen molar-refractivity contribution in [2.75, 3.05) is 0 Å². The molecule has 0 saturated carbocycles. The molecule has 2 heterocycles. The van der Waals surface area contributed by atoms with Crippen molar-refractivity contribution in [2.45, 2.75) is 18.1 Å². The van der Waals surface area contributed by atoms with Gasteiger partial charge in [0.1, 0.15) is 5.69 Å². The zero-order valence-electron chi connectivity index (χ0n) is 12.8. The molecule has 0 saturated heterocycles. The standard InChI is InChI=1S/C17H13BrClF2N3O/c18-13-5-6-15(22-10-13)17(20,21)16(25,11-24-8-2-7-23-24)12-3-1-4-14(19)9-12/h1-10,25H,11H2. The first-order chi connectivity index (χ1) is 11.8. The number of hydrogen-bond acceptors (Lipinski definition) is 3. The first-order valence-corrected chi connectivity index (χ1v) is 8.46. The fourth-order valence-electron chi connectivity index (χ4n) is 2.52. The van der Waals surface area contributed by atoms with Gasteiger partial charge in [0.2, 0.25) is 0 Å². The second-order valence-corrected chi connectivity index (χ2v) is 6.86. The molecule has 3 aromatic rings. The summed E-state index contributed by atoms with van der Waals surface area (Å²) in [7, 11) is 0. The van der Waals surface area contributed by atoms with Gasteiger partial charge in [-0.2, -0.15) is 13.9 Å². The van der Waals surface area contributed by atoms with Gasteiger partial charge in [-0.05, 0) is 51.8 Å². The lowest BCUT2D eigenvalue weighted by Crippen LogP contribution is -2.47. The average molecular weight is 429 g/mol. The van der Waals surface area contributed by atoms with Gasteiger partial charge in [-0.15, -0.1) is 0 Å². The van der Waals surface area contributed by atoms with E-state index >= 15 is 8.78 Å². The molecule has 1 aromatic carbocycles. The van der Waals surface area contributed by atoms with Gasteiger partial charge in [0, 0.05) is 28.1 Å². The van der Waals surface area contributed by atoms with E-state index in [1.807, 2.05) is 0 Å². The van der Waals surface area contributed by atoms with E-state index in [1.165, 1.54) is 53.6 Å². The Morgan fingerprint density at radius 2 is 2.00 bits per heavy atom. The zero-order valence-corrected chi connectivity index (χ0v) is 15.1. The van der Waals surface area contributed by atoms with Crippen LogP contribution >= 0.6 is 27.5 Å². The lowest BCUT2D eigenvalue weighted by molar-refractivity contribution is -0.206. The molecule has 8 heteroatoms. The number of halogens is 4. The van der Waals surface area contributed by atoms with E-state index in [4.69, 9.17) is 11.6 Å². The van der Waals surface area contributed by atoms with Crippen LogP contribution in [-0.4, -0.2) is 19.9 Å². The van der Waals surface area contributed by atoms with E-state index in [0.717, 1.165) is 0 Å². The number of hydrogen-bond donors (Lipinski definition) is 1. The molecule has 3 rings (SSSR count).